The zero-order chi connectivity index (χ0) is 39.3. The van der Waals surface area contributed by atoms with Gasteiger partial charge < -0.3 is 24.1 Å². The fraction of sp³-hybridized carbons (Fsp3) is 0.417. The Balaban J connectivity index is 1.56. The monoisotopic (exact) mass is 761 g/mol. The van der Waals surface area contributed by atoms with Crippen LogP contribution in [0.3, 0.4) is 0 Å². The smallest absolute Gasteiger partial charge is 0.408 e. The number of amides is 2. The number of carbonyl (C=O) groups is 2. The van der Waals surface area contributed by atoms with Gasteiger partial charge in [0.25, 0.3) is 5.89 Å². The van der Waals surface area contributed by atoms with Gasteiger partial charge in [-0.2, -0.15) is 8.78 Å². The number of aromatic nitrogens is 3. The third kappa shape index (κ3) is 8.77. The molecule has 1 aliphatic heterocycles. The molecule has 0 saturated heterocycles. The van der Waals surface area contributed by atoms with E-state index in [0.717, 1.165) is 25.4 Å². The summed E-state index contributed by atoms with van der Waals surface area (Å²) in [7, 11) is -3.75. The predicted octanol–water partition coefficient (Wildman–Crippen LogP) is 7.22. The van der Waals surface area contributed by atoms with Crippen molar-refractivity contribution in [3.8, 4) is 28.5 Å². The van der Waals surface area contributed by atoms with E-state index in [-0.39, 0.29) is 35.0 Å². The van der Waals surface area contributed by atoms with Crippen LogP contribution in [0.5, 0.6) is 5.75 Å². The molecular weight excluding hydrogens is 722 g/mol. The number of sulfone groups is 1. The van der Waals surface area contributed by atoms with Gasteiger partial charge in [-0.15, -0.1) is 10.2 Å². The Kier molecular flexibility index (Phi) is 10.1. The van der Waals surface area contributed by atoms with E-state index < -0.39 is 68.1 Å². The molecule has 17 heteroatoms. The van der Waals surface area contributed by atoms with E-state index in [1.54, 1.807) is 45.0 Å². The highest BCUT2D eigenvalue weighted by atomic mass is 32.2. The maximum absolute atomic E-state index is 16.7. The first kappa shape index (κ1) is 39.2. The van der Waals surface area contributed by atoms with Crippen molar-refractivity contribution in [1.82, 2.24) is 20.5 Å². The van der Waals surface area contributed by atoms with Crippen LogP contribution in [-0.2, 0) is 36.3 Å². The molecule has 3 heterocycles. The highest BCUT2D eigenvalue weighted by Crippen LogP contribution is 2.44. The van der Waals surface area contributed by atoms with Gasteiger partial charge in [-0.25, -0.2) is 22.0 Å². The first-order chi connectivity index (χ1) is 24.3. The fourth-order valence-electron chi connectivity index (χ4n) is 5.50. The van der Waals surface area contributed by atoms with Gasteiger partial charge in [0, 0.05) is 30.7 Å². The van der Waals surface area contributed by atoms with Gasteiger partial charge in [0.05, 0.1) is 29.7 Å². The quantitative estimate of drug-likeness (QED) is 0.173. The number of rotatable bonds is 9. The number of benzene rings is 2. The van der Waals surface area contributed by atoms with Crippen molar-refractivity contribution >= 4 is 27.5 Å². The Morgan fingerprint density at radius 2 is 1.72 bits per heavy atom. The summed E-state index contributed by atoms with van der Waals surface area (Å²) in [5.74, 6) is -2.57. The summed E-state index contributed by atoms with van der Waals surface area (Å²) in [6.07, 6.45) is -2.78. The number of hydrogen-bond acceptors (Lipinski definition) is 10. The van der Waals surface area contributed by atoms with Gasteiger partial charge in [-0.1, -0.05) is 24.3 Å². The molecule has 0 fully saturated rings. The Morgan fingerprint density at radius 1 is 1.06 bits per heavy atom. The Bertz CT molecular complexity index is 2130. The Labute approximate surface area is 303 Å². The SMILES string of the molecule is CC(C)(C)OC(=O)N[C@H]1C[C@@](C)(F)c2cc(F)c(-c3nnc(C(C)(C)S(C)(=O)=O)o3)cc2N(Cc2ccc(-c3ccc(OC(C)(F)F)cn3)cc2)C1=O. The molecule has 4 aromatic rings. The van der Waals surface area contributed by atoms with Crippen molar-refractivity contribution in [3.05, 3.63) is 77.6 Å². The number of ether oxygens (including phenoxy) is 2. The van der Waals surface area contributed by atoms with Gasteiger partial charge in [-0.3, -0.25) is 9.78 Å². The molecule has 2 aromatic heterocycles. The molecular formula is C36H39F4N5O7S. The molecule has 0 radical (unpaired) electrons. The van der Waals surface area contributed by atoms with E-state index in [1.807, 2.05) is 0 Å². The maximum Gasteiger partial charge on any atom is 0.408 e. The van der Waals surface area contributed by atoms with Gasteiger partial charge in [0.15, 0.2) is 9.84 Å². The molecule has 284 valence electrons. The van der Waals surface area contributed by atoms with Crippen molar-refractivity contribution in [2.24, 2.45) is 0 Å². The van der Waals surface area contributed by atoms with Crippen LogP contribution in [-0.4, -0.2) is 59.6 Å². The van der Waals surface area contributed by atoms with E-state index in [1.165, 1.54) is 36.9 Å². The number of nitrogens with zero attached hydrogens (tertiary/aromatic N) is 4. The van der Waals surface area contributed by atoms with Crippen LogP contribution in [0.1, 0.15) is 71.9 Å². The normalized spacial score (nSPS) is 18.3. The molecule has 1 aliphatic rings. The second-order valence-electron chi connectivity index (χ2n) is 14.6. The average molecular weight is 762 g/mol. The Morgan fingerprint density at radius 3 is 2.28 bits per heavy atom. The summed E-state index contributed by atoms with van der Waals surface area (Å²) >= 11 is 0. The third-order valence-electron chi connectivity index (χ3n) is 8.50. The lowest BCUT2D eigenvalue weighted by atomic mass is 9.90. The number of carbonyl (C=O) groups excluding carboxylic acids is 2. The van der Waals surface area contributed by atoms with Crippen LogP contribution in [0.4, 0.5) is 28.0 Å². The molecule has 1 N–H and O–H groups in total. The van der Waals surface area contributed by atoms with Crippen molar-refractivity contribution in [2.45, 2.75) is 89.6 Å². The second-order valence-corrected chi connectivity index (χ2v) is 17.1. The molecule has 0 unspecified atom stereocenters. The minimum absolute atomic E-state index is 0.0685. The van der Waals surface area contributed by atoms with Gasteiger partial charge in [0.2, 0.25) is 11.8 Å². The zero-order valence-electron chi connectivity index (χ0n) is 30.3. The first-order valence-electron chi connectivity index (χ1n) is 16.3. The van der Waals surface area contributed by atoms with E-state index in [2.05, 4.69) is 25.2 Å². The number of halogens is 4. The third-order valence-corrected chi connectivity index (χ3v) is 10.5. The van der Waals surface area contributed by atoms with Crippen LogP contribution < -0.4 is 15.0 Å². The van der Waals surface area contributed by atoms with E-state index in [4.69, 9.17) is 9.15 Å². The summed E-state index contributed by atoms with van der Waals surface area (Å²) in [6.45, 7) is 9.13. The molecule has 12 nitrogen and oxygen atoms in total. The van der Waals surface area contributed by atoms with Gasteiger partial charge >= 0.3 is 12.2 Å². The molecule has 0 aliphatic carbocycles. The molecule has 0 bridgehead atoms. The van der Waals surface area contributed by atoms with Crippen LogP contribution in [0.25, 0.3) is 22.7 Å². The molecule has 0 spiro atoms. The first-order valence-corrected chi connectivity index (χ1v) is 18.2. The summed E-state index contributed by atoms with van der Waals surface area (Å²) in [5.41, 5.74) is -2.35. The summed E-state index contributed by atoms with van der Waals surface area (Å²) in [5, 5.41) is 10.2. The minimum Gasteiger partial charge on any atom is -0.444 e. The van der Waals surface area contributed by atoms with Crippen LogP contribution in [0.2, 0.25) is 0 Å². The van der Waals surface area contributed by atoms with Crippen molar-refractivity contribution in [2.75, 3.05) is 11.2 Å². The standard InChI is InChI=1S/C36H39F4N5O7S/c1-33(2,3)52-32(47)42-27-17-35(6,38)24-16-25(37)23(29-43-44-31(50-29)34(4,5)53(8,48)49)15-28(24)45(30(27)46)19-20-9-11-21(12-10-20)26-14-13-22(18-41-26)51-36(7,39)40/h9-16,18,27H,17,19H2,1-8H3,(H,42,47)/t27-,35+/m0/s1. The molecule has 0 saturated carbocycles. The Hall–Kier alpha value is -5.06. The summed E-state index contributed by atoms with van der Waals surface area (Å²) < 4.78 is 97.8. The lowest BCUT2D eigenvalue weighted by Crippen LogP contribution is -2.50. The zero-order valence-corrected chi connectivity index (χ0v) is 31.1. The van der Waals surface area contributed by atoms with Crippen LogP contribution in [0, 0.1) is 5.82 Å². The average Bonchev–Trinajstić information content (AvgIpc) is 3.50. The summed E-state index contributed by atoms with van der Waals surface area (Å²) in [4.78, 5) is 32.5. The van der Waals surface area contributed by atoms with E-state index >= 15 is 8.78 Å². The highest BCUT2D eigenvalue weighted by Gasteiger charge is 2.44. The number of anilines is 1. The number of fused-ring (bicyclic) bond motifs is 1. The number of pyridine rings is 1. The van der Waals surface area contributed by atoms with Gasteiger partial charge in [0.1, 0.15) is 33.6 Å². The molecule has 53 heavy (non-hydrogen) atoms. The predicted molar refractivity (Wildman–Crippen MR) is 186 cm³/mol. The minimum atomic E-state index is -3.75. The maximum atomic E-state index is 16.7. The molecule has 2 aromatic carbocycles. The molecule has 5 rings (SSSR count). The van der Waals surface area contributed by atoms with Crippen molar-refractivity contribution in [1.29, 1.82) is 0 Å². The number of alkyl carbamates (subject to hydrolysis) is 1. The lowest BCUT2D eigenvalue weighted by molar-refractivity contribution is -0.159. The topological polar surface area (TPSA) is 154 Å². The fourth-order valence-corrected chi connectivity index (χ4v) is 5.90. The highest BCUT2D eigenvalue weighted by molar-refractivity contribution is 7.91. The number of nitrogens with one attached hydrogen (secondary N) is 1. The second kappa shape index (κ2) is 13.7. The van der Waals surface area contributed by atoms with E-state index in [9.17, 15) is 26.8 Å². The van der Waals surface area contributed by atoms with Gasteiger partial charge in [-0.05, 0) is 71.4 Å². The molecule has 2 amide bonds. The van der Waals surface area contributed by atoms with Crippen LogP contribution >= 0.6 is 0 Å². The lowest BCUT2D eigenvalue weighted by Gasteiger charge is -2.27. The van der Waals surface area contributed by atoms with E-state index in [0.29, 0.717) is 23.7 Å². The largest absolute Gasteiger partial charge is 0.444 e. The van der Waals surface area contributed by atoms with Crippen molar-refractivity contribution in [3.63, 3.8) is 0 Å². The molecule has 2 atom stereocenters. The van der Waals surface area contributed by atoms with Crippen molar-refractivity contribution < 1.29 is 49.5 Å². The van der Waals surface area contributed by atoms with Crippen LogP contribution in [0.15, 0.2) is 59.1 Å². The number of hydrogen-bond donors (Lipinski definition) is 1. The summed E-state index contributed by atoms with van der Waals surface area (Å²) in [6, 6.07) is 10.1. The number of alkyl halides is 3.